The number of hydrogen-bond acceptors (Lipinski definition) is 3. The van der Waals surface area contributed by atoms with Gasteiger partial charge in [0, 0.05) is 12.8 Å². The third kappa shape index (κ3) is 2.05. The molecule has 0 atom stereocenters. The maximum atomic E-state index is 11.2. The zero-order valence-electron chi connectivity index (χ0n) is 11.2. The smallest absolute Gasteiger partial charge is 0.309 e. The number of carboxylic acids is 1. The minimum absolute atomic E-state index is 0.427. The van der Waals surface area contributed by atoms with Gasteiger partial charge in [-0.15, -0.1) is 0 Å². The zero-order chi connectivity index (χ0) is 13.7. The van der Waals surface area contributed by atoms with Crippen LogP contribution in [-0.4, -0.2) is 16.9 Å². The molecule has 102 valence electrons. The van der Waals surface area contributed by atoms with Crippen molar-refractivity contribution in [2.45, 2.75) is 45.3 Å². The SMILES string of the molecule is CC(C)(Cc1ccc2c(c1)OC1(CCC1)O2)C(=O)O. The quantitative estimate of drug-likeness (QED) is 0.909. The van der Waals surface area contributed by atoms with Gasteiger partial charge in [-0.05, 0) is 44.4 Å². The van der Waals surface area contributed by atoms with Crippen LogP contribution in [0.2, 0.25) is 0 Å². The largest absolute Gasteiger partial charge is 0.481 e. The summed E-state index contributed by atoms with van der Waals surface area (Å²) < 4.78 is 11.7. The second-order valence-electron chi connectivity index (χ2n) is 6.12. The number of aliphatic carboxylic acids is 1. The summed E-state index contributed by atoms with van der Waals surface area (Å²) in [6.45, 7) is 3.46. The lowest BCUT2D eigenvalue weighted by Crippen LogP contribution is -2.45. The summed E-state index contributed by atoms with van der Waals surface area (Å²) in [5.41, 5.74) is 0.188. The maximum Gasteiger partial charge on any atom is 0.309 e. The van der Waals surface area contributed by atoms with Crippen LogP contribution in [0.1, 0.15) is 38.7 Å². The Morgan fingerprint density at radius 2 is 2.00 bits per heavy atom. The maximum absolute atomic E-state index is 11.2. The van der Waals surface area contributed by atoms with Crippen molar-refractivity contribution < 1.29 is 19.4 Å². The predicted molar refractivity (Wildman–Crippen MR) is 69.4 cm³/mol. The Balaban J connectivity index is 1.80. The van der Waals surface area contributed by atoms with E-state index in [1.165, 1.54) is 0 Å². The molecule has 0 bridgehead atoms. The Kier molecular flexibility index (Phi) is 2.52. The van der Waals surface area contributed by atoms with Gasteiger partial charge >= 0.3 is 5.97 Å². The molecule has 4 heteroatoms. The average Bonchev–Trinajstić information content (AvgIpc) is 2.66. The number of carboxylic acid groups (broad SMARTS) is 1. The summed E-state index contributed by atoms with van der Waals surface area (Å²) in [6, 6.07) is 5.72. The predicted octanol–water partition coefficient (Wildman–Crippen LogP) is 2.99. The standard InChI is InChI=1S/C15H18O4/c1-14(2,13(16)17)9-10-4-5-11-12(8-10)19-15(18-11)6-3-7-15/h4-5,8H,3,6-7,9H2,1-2H3,(H,16,17). The molecule has 1 saturated carbocycles. The van der Waals surface area contributed by atoms with Gasteiger partial charge in [0.1, 0.15) is 0 Å². The first-order chi connectivity index (χ1) is 8.90. The molecular formula is C15H18O4. The van der Waals surface area contributed by atoms with Crippen molar-refractivity contribution >= 4 is 5.97 Å². The third-order valence-electron chi connectivity index (χ3n) is 3.94. The van der Waals surface area contributed by atoms with Crippen LogP contribution in [0.15, 0.2) is 18.2 Å². The van der Waals surface area contributed by atoms with Crippen molar-refractivity contribution in [1.29, 1.82) is 0 Å². The molecule has 1 aromatic carbocycles. The van der Waals surface area contributed by atoms with Crippen molar-refractivity contribution in [3.05, 3.63) is 23.8 Å². The van der Waals surface area contributed by atoms with E-state index >= 15 is 0 Å². The molecule has 1 aromatic rings. The molecule has 1 heterocycles. The van der Waals surface area contributed by atoms with E-state index < -0.39 is 17.2 Å². The molecule has 2 aliphatic rings. The van der Waals surface area contributed by atoms with Gasteiger partial charge in [0.25, 0.3) is 5.79 Å². The van der Waals surface area contributed by atoms with E-state index in [1.807, 2.05) is 18.2 Å². The van der Waals surface area contributed by atoms with Crippen LogP contribution in [0.5, 0.6) is 11.5 Å². The van der Waals surface area contributed by atoms with Crippen molar-refractivity contribution in [3.8, 4) is 11.5 Å². The second kappa shape index (κ2) is 3.89. The zero-order valence-corrected chi connectivity index (χ0v) is 11.2. The molecule has 0 amide bonds. The summed E-state index contributed by atoms with van der Waals surface area (Å²) >= 11 is 0. The molecule has 0 unspecified atom stereocenters. The van der Waals surface area contributed by atoms with Crippen molar-refractivity contribution in [1.82, 2.24) is 0 Å². The molecule has 0 saturated heterocycles. The molecule has 1 spiro atoms. The van der Waals surface area contributed by atoms with Gasteiger partial charge in [-0.2, -0.15) is 0 Å². The van der Waals surface area contributed by atoms with Crippen molar-refractivity contribution in [3.63, 3.8) is 0 Å². The van der Waals surface area contributed by atoms with Gasteiger partial charge in [0.05, 0.1) is 5.41 Å². The Morgan fingerprint density at radius 3 is 2.58 bits per heavy atom. The molecule has 0 aromatic heterocycles. The number of ether oxygens (including phenoxy) is 2. The summed E-state index contributed by atoms with van der Waals surface area (Å²) in [6.07, 6.45) is 3.47. The van der Waals surface area contributed by atoms with E-state index in [1.54, 1.807) is 13.8 Å². The Bertz CT molecular complexity index is 529. The van der Waals surface area contributed by atoms with Crippen molar-refractivity contribution in [2.75, 3.05) is 0 Å². The van der Waals surface area contributed by atoms with Gasteiger partial charge in [-0.3, -0.25) is 4.79 Å². The van der Waals surface area contributed by atoms with Crippen molar-refractivity contribution in [2.24, 2.45) is 5.41 Å². The first-order valence-corrected chi connectivity index (χ1v) is 6.65. The van der Waals surface area contributed by atoms with E-state index in [2.05, 4.69) is 0 Å². The molecule has 0 radical (unpaired) electrons. The van der Waals surface area contributed by atoms with Gasteiger partial charge in [-0.1, -0.05) is 6.07 Å². The monoisotopic (exact) mass is 262 g/mol. The van der Waals surface area contributed by atoms with E-state index in [0.717, 1.165) is 36.3 Å². The normalized spacial score (nSPS) is 19.3. The summed E-state index contributed by atoms with van der Waals surface area (Å²) in [7, 11) is 0. The third-order valence-corrected chi connectivity index (χ3v) is 3.94. The molecular weight excluding hydrogens is 244 g/mol. The highest BCUT2D eigenvalue weighted by atomic mass is 16.7. The van der Waals surface area contributed by atoms with E-state index in [0.29, 0.717) is 6.42 Å². The lowest BCUT2D eigenvalue weighted by molar-refractivity contribution is -0.146. The first kappa shape index (κ1) is 12.3. The Hall–Kier alpha value is -1.71. The molecule has 1 N–H and O–H groups in total. The summed E-state index contributed by atoms with van der Waals surface area (Å²) in [5.74, 6) is 0.305. The second-order valence-corrected chi connectivity index (χ2v) is 6.12. The lowest BCUT2D eigenvalue weighted by Gasteiger charge is -2.35. The minimum atomic E-state index is -0.791. The van der Waals surface area contributed by atoms with Gasteiger partial charge in [-0.25, -0.2) is 0 Å². The number of carbonyl (C=O) groups is 1. The fourth-order valence-corrected chi connectivity index (χ4v) is 2.50. The van der Waals surface area contributed by atoms with Crippen LogP contribution in [0, 0.1) is 5.41 Å². The van der Waals surface area contributed by atoms with Crippen LogP contribution in [0.4, 0.5) is 0 Å². The molecule has 19 heavy (non-hydrogen) atoms. The Labute approximate surface area is 112 Å². The topological polar surface area (TPSA) is 55.8 Å². The van der Waals surface area contributed by atoms with E-state index in [4.69, 9.17) is 9.47 Å². The van der Waals surface area contributed by atoms with Gasteiger partial charge in [0.2, 0.25) is 0 Å². The van der Waals surface area contributed by atoms with Crippen LogP contribution in [0.3, 0.4) is 0 Å². The number of benzene rings is 1. The number of fused-ring (bicyclic) bond motifs is 1. The number of rotatable bonds is 3. The van der Waals surface area contributed by atoms with Crippen LogP contribution >= 0.6 is 0 Å². The highest BCUT2D eigenvalue weighted by Gasteiger charge is 2.47. The Morgan fingerprint density at radius 1 is 1.32 bits per heavy atom. The van der Waals surface area contributed by atoms with Crippen LogP contribution in [-0.2, 0) is 11.2 Å². The fraction of sp³-hybridized carbons (Fsp3) is 0.533. The van der Waals surface area contributed by atoms with Crippen LogP contribution in [0.25, 0.3) is 0 Å². The van der Waals surface area contributed by atoms with Gasteiger partial charge < -0.3 is 14.6 Å². The molecule has 1 aliphatic heterocycles. The van der Waals surface area contributed by atoms with Gasteiger partial charge in [0.15, 0.2) is 11.5 Å². The summed E-state index contributed by atoms with van der Waals surface area (Å²) in [4.78, 5) is 11.2. The highest BCUT2D eigenvalue weighted by Crippen LogP contribution is 2.48. The first-order valence-electron chi connectivity index (χ1n) is 6.65. The minimum Gasteiger partial charge on any atom is -0.481 e. The fourth-order valence-electron chi connectivity index (χ4n) is 2.50. The highest BCUT2D eigenvalue weighted by molar-refractivity contribution is 5.74. The summed E-state index contributed by atoms with van der Waals surface area (Å²) in [5, 5.41) is 9.17. The van der Waals surface area contributed by atoms with Crippen LogP contribution < -0.4 is 9.47 Å². The molecule has 1 aliphatic carbocycles. The van der Waals surface area contributed by atoms with E-state index in [9.17, 15) is 9.90 Å². The average molecular weight is 262 g/mol. The molecule has 1 fully saturated rings. The molecule has 4 nitrogen and oxygen atoms in total. The lowest BCUT2D eigenvalue weighted by atomic mass is 9.86. The number of hydrogen-bond donors (Lipinski definition) is 1. The molecule has 3 rings (SSSR count). The van der Waals surface area contributed by atoms with E-state index in [-0.39, 0.29) is 0 Å².